The van der Waals surface area contributed by atoms with Crippen LogP contribution in [0.1, 0.15) is 11.1 Å². The van der Waals surface area contributed by atoms with E-state index in [2.05, 4.69) is 71.7 Å². The smallest absolute Gasteiger partial charge is 0.0206 e. The summed E-state index contributed by atoms with van der Waals surface area (Å²) >= 11 is 3.76. The van der Waals surface area contributed by atoms with Gasteiger partial charge in [-0.1, -0.05) is 36.4 Å². The van der Waals surface area contributed by atoms with Crippen LogP contribution in [0.5, 0.6) is 0 Å². The van der Waals surface area contributed by atoms with Crippen LogP contribution in [0.15, 0.2) is 48.5 Å². The van der Waals surface area contributed by atoms with Crippen LogP contribution >= 0.6 is 23.5 Å². The Morgan fingerprint density at radius 3 is 1.75 bits per heavy atom. The summed E-state index contributed by atoms with van der Waals surface area (Å²) in [5, 5.41) is 7.08. The third-order valence-electron chi connectivity index (χ3n) is 3.78. The van der Waals surface area contributed by atoms with Crippen molar-refractivity contribution in [3.8, 4) is 11.1 Å². The van der Waals surface area contributed by atoms with Crippen LogP contribution in [-0.4, -0.2) is 37.1 Å². The number of nitrogens with one attached hydrogen (secondary N) is 2. The van der Waals surface area contributed by atoms with E-state index in [1.807, 2.05) is 23.5 Å². The van der Waals surface area contributed by atoms with Gasteiger partial charge in [-0.3, -0.25) is 0 Å². The van der Waals surface area contributed by atoms with E-state index < -0.39 is 0 Å². The molecule has 0 aromatic heterocycles. The van der Waals surface area contributed by atoms with E-state index in [1.165, 1.54) is 22.3 Å². The van der Waals surface area contributed by atoms with Crippen LogP contribution in [0.3, 0.4) is 0 Å². The molecule has 2 N–H and O–H groups in total. The van der Waals surface area contributed by atoms with Crippen LogP contribution in [0, 0.1) is 0 Å². The average Bonchev–Trinajstić information content (AvgIpc) is 2.63. The third-order valence-corrected chi connectivity index (χ3v) is 5.01. The molecule has 0 spiro atoms. The van der Waals surface area contributed by atoms with Crippen molar-refractivity contribution in [2.24, 2.45) is 0 Å². The lowest BCUT2D eigenvalue weighted by Crippen LogP contribution is -2.18. The van der Waals surface area contributed by atoms with Gasteiger partial charge in [-0.15, -0.1) is 0 Å². The van der Waals surface area contributed by atoms with Gasteiger partial charge in [-0.05, 0) is 46.9 Å². The second-order valence-corrected chi connectivity index (χ2v) is 7.71. The molecule has 2 rings (SSSR count). The van der Waals surface area contributed by atoms with Gasteiger partial charge in [0.05, 0.1) is 0 Å². The van der Waals surface area contributed by atoms with E-state index in [9.17, 15) is 0 Å². The molecule has 0 fully saturated rings. The molecular formula is C20H28N2S2. The first-order chi connectivity index (χ1) is 11.8. The number of hydrogen-bond acceptors (Lipinski definition) is 4. The molecule has 0 unspecified atom stereocenters. The van der Waals surface area contributed by atoms with Gasteiger partial charge in [-0.25, -0.2) is 0 Å². The van der Waals surface area contributed by atoms with Crippen molar-refractivity contribution in [3.63, 3.8) is 0 Å². The molecule has 0 aliphatic carbocycles. The van der Waals surface area contributed by atoms with Crippen LogP contribution in [-0.2, 0) is 13.1 Å². The molecule has 2 nitrogen and oxygen atoms in total. The minimum Gasteiger partial charge on any atom is -0.312 e. The summed E-state index contributed by atoms with van der Waals surface area (Å²) in [6.07, 6.45) is 4.30. The van der Waals surface area contributed by atoms with Gasteiger partial charge < -0.3 is 10.6 Å². The van der Waals surface area contributed by atoms with Gasteiger partial charge in [0.2, 0.25) is 0 Å². The van der Waals surface area contributed by atoms with Crippen molar-refractivity contribution in [1.82, 2.24) is 10.6 Å². The van der Waals surface area contributed by atoms with E-state index in [-0.39, 0.29) is 0 Å². The molecule has 4 heteroatoms. The predicted molar refractivity (Wildman–Crippen MR) is 112 cm³/mol. The van der Waals surface area contributed by atoms with Crippen molar-refractivity contribution in [1.29, 1.82) is 0 Å². The fourth-order valence-electron chi connectivity index (χ4n) is 2.58. The molecule has 0 aliphatic heterocycles. The predicted octanol–water partition coefficient (Wildman–Crippen LogP) is 4.26. The van der Waals surface area contributed by atoms with Crippen molar-refractivity contribution < 1.29 is 0 Å². The van der Waals surface area contributed by atoms with Crippen molar-refractivity contribution in [2.75, 3.05) is 37.1 Å². The Balaban J connectivity index is 2.10. The first kappa shape index (κ1) is 19.4. The number of rotatable bonds is 11. The SMILES string of the molecule is CSCCNCc1cc(CNCCSC)cc(-c2ccccc2)c1. The Bertz CT molecular complexity index is 557. The topological polar surface area (TPSA) is 24.1 Å². The zero-order valence-corrected chi connectivity index (χ0v) is 16.3. The summed E-state index contributed by atoms with van der Waals surface area (Å²) in [5.74, 6) is 2.31. The van der Waals surface area contributed by atoms with E-state index >= 15 is 0 Å². The highest BCUT2D eigenvalue weighted by Crippen LogP contribution is 2.22. The molecule has 0 bridgehead atoms. The molecular weight excluding hydrogens is 332 g/mol. The normalized spacial score (nSPS) is 10.9. The highest BCUT2D eigenvalue weighted by atomic mass is 32.2. The van der Waals surface area contributed by atoms with Crippen molar-refractivity contribution in [3.05, 3.63) is 59.7 Å². The maximum absolute atomic E-state index is 3.54. The Kier molecular flexibility index (Phi) is 9.36. The zero-order chi connectivity index (χ0) is 17.0. The van der Waals surface area contributed by atoms with Gasteiger partial charge in [0, 0.05) is 37.7 Å². The molecule has 130 valence electrons. The Hall–Kier alpha value is -0.940. The van der Waals surface area contributed by atoms with E-state index in [4.69, 9.17) is 0 Å². The van der Waals surface area contributed by atoms with Crippen LogP contribution in [0.2, 0.25) is 0 Å². The monoisotopic (exact) mass is 360 g/mol. The molecule has 0 heterocycles. The molecule has 0 saturated heterocycles. The van der Waals surface area contributed by atoms with Crippen LogP contribution in [0.25, 0.3) is 11.1 Å². The van der Waals surface area contributed by atoms with E-state index in [0.29, 0.717) is 0 Å². The average molecular weight is 361 g/mol. The maximum Gasteiger partial charge on any atom is 0.0206 e. The molecule has 0 radical (unpaired) electrons. The van der Waals surface area contributed by atoms with E-state index in [1.54, 1.807) is 0 Å². The molecule has 0 aliphatic rings. The number of benzene rings is 2. The molecule has 2 aromatic carbocycles. The lowest BCUT2D eigenvalue weighted by Gasteiger charge is -2.12. The lowest BCUT2D eigenvalue weighted by atomic mass is 9.99. The Morgan fingerprint density at radius 1 is 0.708 bits per heavy atom. The second kappa shape index (κ2) is 11.6. The molecule has 0 amide bonds. The largest absolute Gasteiger partial charge is 0.312 e. The molecule has 0 saturated carbocycles. The Morgan fingerprint density at radius 2 is 1.25 bits per heavy atom. The Labute approximate surface area is 155 Å². The minimum absolute atomic E-state index is 0.930. The summed E-state index contributed by atoms with van der Waals surface area (Å²) in [7, 11) is 0. The molecule has 2 aromatic rings. The summed E-state index contributed by atoms with van der Waals surface area (Å²) < 4.78 is 0. The molecule has 24 heavy (non-hydrogen) atoms. The highest BCUT2D eigenvalue weighted by Gasteiger charge is 2.04. The highest BCUT2D eigenvalue weighted by molar-refractivity contribution is 7.98. The van der Waals surface area contributed by atoms with Crippen molar-refractivity contribution >= 4 is 23.5 Å². The van der Waals surface area contributed by atoms with Crippen LogP contribution < -0.4 is 10.6 Å². The van der Waals surface area contributed by atoms with E-state index in [0.717, 1.165) is 37.7 Å². The van der Waals surface area contributed by atoms with Gasteiger partial charge in [0.25, 0.3) is 0 Å². The number of thioether (sulfide) groups is 2. The lowest BCUT2D eigenvalue weighted by molar-refractivity contribution is 0.718. The van der Waals surface area contributed by atoms with Crippen LogP contribution in [0.4, 0.5) is 0 Å². The summed E-state index contributed by atoms with van der Waals surface area (Å²) in [4.78, 5) is 0. The summed E-state index contributed by atoms with van der Waals surface area (Å²) in [5.41, 5.74) is 5.31. The fraction of sp³-hybridized carbons (Fsp3) is 0.400. The first-order valence-corrected chi connectivity index (χ1v) is 11.2. The quantitative estimate of drug-likeness (QED) is 0.585. The summed E-state index contributed by atoms with van der Waals surface area (Å²) in [6.45, 7) is 3.97. The fourth-order valence-corrected chi connectivity index (χ4v) is 3.27. The second-order valence-electron chi connectivity index (χ2n) is 5.74. The summed E-state index contributed by atoms with van der Waals surface area (Å²) in [6, 6.07) is 17.6. The minimum atomic E-state index is 0.930. The van der Waals surface area contributed by atoms with Gasteiger partial charge in [0.15, 0.2) is 0 Å². The maximum atomic E-state index is 3.54. The number of hydrogen-bond donors (Lipinski definition) is 2. The zero-order valence-electron chi connectivity index (χ0n) is 14.7. The van der Waals surface area contributed by atoms with Gasteiger partial charge in [-0.2, -0.15) is 23.5 Å². The standard InChI is InChI=1S/C20H28N2S2/c1-23-10-8-21-15-17-12-18(16-22-9-11-24-2)14-20(13-17)19-6-4-3-5-7-19/h3-7,12-14,21-22H,8-11,15-16H2,1-2H3. The van der Waals surface area contributed by atoms with Crippen molar-refractivity contribution in [2.45, 2.75) is 13.1 Å². The van der Waals surface area contributed by atoms with Gasteiger partial charge in [0.1, 0.15) is 0 Å². The van der Waals surface area contributed by atoms with Gasteiger partial charge >= 0.3 is 0 Å². The molecule has 0 atom stereocenters. The third kappa shape index (κ3) is 6.89. The first-order valence-electron chi connectivity index (χ1n) is 8.41.